The number of nitrogens with one attached hydrogen (secondary N) is 2. The Labute approximate surface area is 173 Å². The van der Waals surface area contributed by atoms with Crippen molar-refractivity contribution in [3.8, 4) is 0 Å². The Bertz CT molecular complexity index is 1110. The van der Waals surface area contributed by atoms with E-state index in [1.165, 1.54) is 35.6 Å². The summed E-state index contributed by atoms with van der Waals surface area (Å²) in [5, 5.41) is 2.79. The third-order valence-electron chi connectivity index (χ3n) is 4.33. The number of amides is 1. The summed E-state index contributed by atoms with van der Waals surface area (Å²) in [6, 6.07) is 14.9. The first kappa shape index (κ1) is 20.4. The molecule has 3 aromatic rings. The second-order valence-corrected chi connectivity index (χ2v) is 9.75. The molecular formula is C20H19ClN2O3S2. The van der Waals surface area contributed by atoms with E-state index in [0.717, 1.165) is 16.0 Å². The van der Waals surface area contributed by atoms with Gasteiger partial charge in [0.2, 0.25) is 0 Å². The fourth-order valence-corrected chi connectivity index (χ4v) is 4.72. The summed E-state index contributed by atoms with van der Waals surface area (Å²) in [6.07, 6.45) is 0. The van der Waals surface area contributed by atoms with Crippen LogP contribution >= 0.6 is 22.9 Å². The Hall–Kier alpha value is -2.35. The molecule has 0 aliphatic heterocycles. The van der Waals surface area contributed by atoms with Gasteiger partial charge in [0.25, 0.3) is 15.9 Å². The summed E-state index contributed by atoms with van der Waals surface area (Å²) in [4.78, 5) is 13.3. The van der Waals surface area contributed by atoms with Crippen molar-refractivity contribution >= 4 is 44.6 Å². The van der Waals surface area contributed by atoms with Crippen molar-refractivity contribution in [3.05, 3.63) is 80.5 Å². The van der Waals surface area contributed by atoms with Crippen LogP contribution in [0.1, 0.15) is 26.4 Å². The maximum Gasteiger partial charge on any atom is 0.261 e. The molecule has 0 unspecified atom stereocenters. The first-order chi connectivity index (χ1) is 13.3. The molecule has 2 N–H and O–H groups in total. The first-order valence-corrected chi connectivity index (χ1v) is 11.2. The topological polar surface area (TPSA) is 75.3 Å². The predicted octanol–water partition coefficient (Wildman–Crippen LogP) is 4.75. The molecule has 1 amide bonds. The minimum Gasteiger partial charge on any atom is -0.347 e. The van der Waals surface area contributed by atoms with Gasteiger partial charge in [-0.15, -0.1) is 11.3 Å². The lowest BCUT2D eigenvalue weighted by molar-refractivity contribution is 0.0951. The number of carbonyl (C=O) groups excluding carboxylic acids is 1. The molecule has 0 radical (unpaired) electrons. The highest BCUT2D eigenvalue weighted by Gasteiger charge is 2.16. The molecule has 0 atom stereocenters. The Morgan fingerprint density at radius 1 is 1.04 bits per heavy atom. The Kier molecular flexibility index (Phi) is 6.07. The highest BCUT2D eigenvalue weighted by Crippen LogP contribution is 2.23. The highest BCUT2D eigenvalue weighted by atomic mass is 35.5. The van der Waals surface area contributed by atoms with Gasteiger partial charge in [-0.1, -0.05) is 23.7 Å². The molecule has 5 nitrogen and oxygen atoms in total. The smallest absolute Gasteiger partial charge is 0.261 e. The van der Waals surface area contributed by atoms with Crippen LogP contribution in [0.4, 0.5) is 5.69 Å². The molecule has 3 rings (SSSR count). The van der Waals surface area contributed by atoms with E-state index in [9.17, 15) is 13.2 Å². The Morgan fingerprint density at radius 2 is 1.75 bits per heavy atom. The van der Waals surface area contributed by atoms with Crippen LogP contribution in [0.15, 0.2) is 59.5 Å². The lowest BCUT2D eigenvalue weighted by Gasteiger charge is -2.12. The van der Waals surface area contributed by atoms with E-state index < -0.39 is 10.0 Å². The summed E-state index contributed by atoms with van der Waals surface area (Å²) in [6.45, 7) is 4.15. The maximum absolute atomic E-state index is 12.6. The fraction of sp³-hybridized carbons (Fsp3) is 0.150. The van der Waals surface area contributed by atoms with E-state index >= 15 is 0 Å². The highest BCUT2D eigenvalue weighted by molar-refractivity contribution is 7.92. The molecule has 0 bridgehead atoms. The average Bonchev–Trinajstić information content (AvgIpc) is 3.09. The van der Waals surface area contributed by atoms with Crippen LogP contribution in [0.25, 0.3) is 0 Å². The zero-order valence-corrected chi connectivity index (χ0v) is 17.7. The Morgan fingerprint density at radius 3 is 2.39 bits per heavy atom. The fourth-order valence-electron chi connectivity index (χ4n) is 2.57. The lowest BCUT2D eigenvalue weighted by Crippen LogP contribution is -2.22. The molecule has 28 heavy (non-hydrogen) atoms. The molecule has 0 fully saturated rings. The van der Waals surface area contributed by atoms with Gasteiger partial charge in [0.05, 0.1) is 21.5 Å². The first-order valence-electron chi connectivity index (χ1n) is 8.48. The van der Waals surface area contributed by atoms with E-state index in [2.05, 4.69) is 10.0 Å². The van der Waals surface area contributed by atoms with Gasteiger partial charge < -0.3 is 5.32 Å². The zero-order chi connectivity index (χ0) is 20.3. The molecule has 0 saturated heterocycles. The van der Waals surface area contributed by atoms with Crippen molar-refractivity contribution in [2.45, 2.75) is 25.3 Å². The van der Waals surface area contributed by atoms with Crippen LogP contribution in [-0.2, 0) is 16.6 Å². The van der Waals surface area contributed by atoms with E-state index in [1.807, 2.05) is 26.0 Å². The summed E-state index contributed by atoms with van der Waals surface area (Å²) in [5.41, 5.74) is 2.79. The molecule has 1 heterocycles. The number of anilines is 1. The summed E-state index contributed by atoms with van der Waals surface area (Å²) in [5.74, 6) is -0.282. The normalized spacial score (nSPS) is 11.2. The molecule has 1 aromatic heterocycles. The van der Waals surface area contributed by atoms with Crippen molar-refractivity contribution < 1.29 is 13.2 Å². The van der Waals surface area contributed by atoms with E-state index in [4.69, 9.17) is 11.6 Å². The summed E-state index contributed by atoms with van der Waals surface area (Å²) < 4.78 is 28.5. The Balaban J connectivity index is 1.70. The standard InChI is InChI=1S/C20H19ClN2O3S2/c1-13-4-3-5-18(14(13)2)23-28(25,26)17-9-6-15(7-10-17)20(24)22-12-16-8-11-19(21)27-16/h3-11,23H,12H2,1-2H3,(H,22,24). The van der Waals surface area contributed by atoms with Crippen molar-refractivity contribution in [2.24, 2.45) is 0 Å². The number of rotatable bonds is 6. The van der Waals surface area contributed by atoms with Crippen molar-refractivity contribution in [1.29, 1.82) is 0 Å². The number of thiophene rings is 1. The van der Waals surface area contributed by atoms with Crippen molar-refractivity contribution in [3.63, 3.8) is 0 Å². The van der Waals surface area contributed by atoms with Gasteiger partial charge in [0.1, 0.15) is 0 Å². The number of carbonyl (C=O) groups is 1. The van der Waals surface area contributed by atoms with Gasteiger partial charge in [0.15, 0.2) is 0 Å². The average molecular weight is 435 g/mol. The third kappa shape index (κ3) is 4.73. The minimum atomic E-state index is -3.74. The number of sulfonamides is 1. The number of benzene rings is 2. The zero-order valence-electron chi connectivity index (χ0n) is 15.3. The molecule has 8 heteroatoms. The molecule has 146 valence electrons. The van der Waals surface area contributed by atoms with Crippen molar-refractivity contribution in [2.75, 3.05) is 4.72 Å². The second kappa shape index (κ2) is 8.34. The van der Waals surface area contributed by atoms with Crippen molar-refractivity contribution in [1.82, 2.24) is 5.32 Å². The van der Waals surface area contributed by atoms with Gasteiger partial charge in [-0.2, -0.15) is 0 Å². The maximum atomic E-state index is 12.6. The monoisotopic (exact) mass is 434 g/mol. The van der Waals surface area contributed by atoms with Crippen LogP contribution in [-0.4, -0.2) is 14.3 Å². The largest absolute Gasteiger partial charge is 0.347 e. The van der Waals surface area contributed by atoms with Gasteiger partial charge in [-0.05, 0) is 67.4 Å². The number of halogens is 1. The van der Waals surface area contributed by atoms with Crippen LogP contribution in [0, 0.1) is 13.8 Å². The van der Waals surface area contributed by atoms with Crippen LogP contribution < -0.4 is 10.0 Å². The predicted molar refractivity (Wildman–Crippen MR) is 114 cm³/mol. The molecule has 0 saturated carbocycles. The van der Waals surface area contributed by atoms with E-state index in [1.54, 1.807) is 18.2 Å². The summed E-state index contributed by atoms with van der Waals surface area (Å²) >= 11 is 7.27. The van der Waals surface area contributed by atoms with Gasteiger partial charge in [-0.25, -0.2) is 8.42 Å². The van der Waals surface area contributed by atoms with Crippen LogP contribution in [0.3, 0.4) is 0 Å². The van der Waals surface area contributed by atoms with Gasteiger partial charge >= 0.3 is 0 Å². The van der Waals surface area contributed by atoms with E-state index in [-0.39, 0.29) is 10.8 Å². The van der Waals surface area contributed by atoms with E-state index in [0.29, 0.717) is 22.1 Å². The van der Waals surface area contributed by atoms with Gasteiger partial charge in [-0.3, -0.25) is 9.52 Å². The third-order valence-corrected chi connectivity index (χ3v) is 6.94. The minimum absolute atomic E-state index is 0.0926. The quantitative estimate of drug-likeness (QED) is 0.587. The van der Waals surface area contributed by atoms with Crippen LogP contribution in [0.2, 0.25) is 4.34 Å². The number of hydrogen-bond donors (Lipinski definition) is 2. The number of hydrogen-bond acceptors (Lipinski definition) is 4. The molecular weight excluding hydrogens is 416 g/mol. The SMILES string of the molecule is Cc1cccc(NS(=O)(=O)c2ccc(C(=O)NCc3ccc(Cl)s3)cc2)c1C. The lowest BCUT2D eigenvalue weighted by atomic mass is 10.1. The summed E-state index contributed by atoms with van der Waals surface area (Å²) in [7, 11) is -3.74. The number of aryl methyl sites for hydroxylation is 1. The molecule has 2 aromatic carbocycles. The van der Waals surface area contributed by atoms with Gasteiger partial charge in [0, 0.05) is 10.4 Å². The molecule has 0 aliphatic rings. The second-order valence-electron chi connectivity index (χ2n) is 6.27. The molecule has 0 spiro atoms. The molecule has 0 aliphatic carbocycles. The van der Waals surface area contributed by atoms with Crippen LogP contribution in [0.5, 0.6) is 0 Å².